The molecule has 3 aromatic rings. The van der Waals surface area contributed by atoms with E-state index in [9.17, 15) is 14.4 Å². The van der Waals surface area contributed by atoms with Crippen LogP contribution in [0.3, 0.4) is 0 Å². The van der Waals surface area contributed by atoms with Crippen LogP contribution in [0.4, 0.5) is 17.1 Å². The number of amides is 3. The second kappa shape index (κ2) is 8.91. The zero-order valence-electron chi connectivity index (χ0n) is 16.8. The molecule has 4 N–H and O–H groups in total. The smallest absolute Gasteiger partial charge is 0.274 e. The number of benzene rings is 2. The normalized spacial score (nSPS) is 10.2. The van der Waals surface area contributed by atoms with Crippen LogP contribution in [0.1, 0.15) is 31.3 Å². The lowest BCUT2D eigenvalue weighted by Gasteiger charge is -2.17. The molecule has 3 amide bonds. The molecule has 1 heterocycles. The van der Waals surface area contributed by atoms with Gasteiger partial charge in [-0.15, -0.1) is 0 Å². The number of aromatic amines is 1. The number of H-pyrrole nitrogens is 1. The molecule has 0 saturated carbocycles. The summed E-state index contributed by atoms with van der Waals surface area (Å²) in [5.41, 5.74) is 2.53. The Labute approximate surface area is 173 Å². The van der Waals surface area contributed by atoms with Gasteiger partial charge in [-0.2, -0.15) is 0 Å². The van der Waals surface area contributed by atoms with Crippen molar-refractivity contribution in [3.8, 4) is 0 Å². The average Bonchev–Trinajstić information content (AvgIpc) is 3.24. The van der Waals surface area contributed by atoms with Gasteiger partial charge >= 0.3 is 0 Å². The molecule has 1 aromatic heterocycles. The maximum absolute atomic E-state index is 12.6. The number of hydrogen-bond acceptors (Lipinski definition) is 5. The molecule has 154 valence electrons. The summed E-state index contributed by atoms with van der Waals surface area (Å²) < 4.78 is 0. The Hall–Kier alpha value is -4.14. The summed E-state index contributed by atoms with van der Waals surface area (Å²) in [7, 11) is 5.21. The van der Waals surface area contributed by atoms with Crippen LogP contribution in [0.5, 0.6) is 0 Å². The van der Waals surface area contributed by atoms with Gasteiger partial charge in [-0.1, -0.05) is 12.1 Å². The van der Waals surface area contributed by atoms with Crippen LogP contribution in [-0.4, -0.2) is 48.8 Å². The maximum atomic E-state index is 12.6. The molecule has 0 aliphatic rings. The highest BCUT2D eigenvalue weighted by atomic mass is 16.2. The minimum atomic E-state index is -0.497. The molecule has 0 atom stereocenters. The topological polar surface area (TPSA) is 119 Å². The molecule has 9 heteroatoms. The first-order valence-electron chi connectivity index (χ1n) is 9.15. The predicted molar refractivity (Wildman–Crippen MR) is 115 cm³/mol. The molecule has 0 aliphatic carbocycles. The monoisotopic (exact) mass is 406 g/mol. The van der Waals surface area contributed by atoms with Crippen LogP contribution in [-0.2, 0) is 0 Å². The van der Waals surface area contributed by atoms with Gasteiger partial charge < -0.3 is 25.8 Å². The number of carbonyl (C=O) groups excluding carboxylic acids is 3. The van der Waals surface area contributed by atoms with Gasteiger partial charge in [-0.3, -0.25) is 14.4 Å². The van der Waals surface area contributed by atoms with Crippen molar-refractivity contribution in [1.29, 1.82) is 0 Å². The highest BCUT2D eigenvalue weighted by Crippen LogP contribution is 2.21. The van der Waals surface area contributed by atoms with E-state index in [1.165, 1.54) is 13.4 Å². The van der Waals surface area contributed by atoms with Crippen LogP contribution < -0.4 is 20.9 Å². The SMILES string of the molecule is CNC(=O)c1nc[nH]c1C(=O)Nc1ccc(NC(=O)c2ccccc2N(C)C)cc1. The second-order valence-electron chi connectivity index (χ2n) is 6.60. The van der Waals surface area contributed by atoms with Crippen molar-refractivity contribution < 1.29 is 14.4 Å². The van der Waals surface area contributed by atoms with Crippen molar-refractivity contribution in [2.75, 3.05) is 36.7 Å². The second-order valence-corrected chi connectivity index (χ2v) is 6.60. The molecule has 0 unspecified atom stereocenters. The van der Waals surface area contributed by atoms with E-state index < -0.39 is 11.8 Å². The number of imidazole rings is 1. The van der Waals surface area contributed by atoms with E-state index in [-0.39, 0.29) is 17.3 Å². The van der Waals surface area contributed by atoms with Gasteiger partial charge in [-0.05, 0) is 36.4 Å². The van der Waals surface area contributed by atoms with Crippen LogP contribution in [0, 0.1) is 0 Å². The molecule has 9 nitrogen and oxygen atoms in total. The van der Waals surface area contributed by atoms with Gasteiger partial charge in [-0.25, -0.2) is 4.98 Å². The summed E-state index contributed by atoms with van der Waals surface area (Å²) in [6.07, 6.45) is 1.28. The van der Waals surface area contributed by atoms with Crippen molar-refractivity contribution in [3.63, 3.8) is 0 Å². The fraction of sp³-hybridized carbons (Fsp3) is 0.143. The average molecular weight is 406 g/mol. The standard InChI is InChI=1S/C21H22N6O3/c1-22-20(29)17-18(24-12-23-17)21(30)26-14-10-8-13(9-11-14)25-19(28)15-6-4-5-7-16(15)27(2)3/h4-12H,1-3H3,(H,22,29)(H,23,24)(H,25,28)(H,26,30). The third kappa shape index (κ3) is 4.46. The van der Waals surface area contributed by atoms with E-state index >= 15 is 0 Å². The molecule has 0 fully saturated rings. The van der Waals surface area contributed by atoms with Gasteiger partial charge in [0.15, 0.2) is 5.69 Å². The third-order valence-corrected chi connectivity index (χ3v) is 4.34. The Bertz CT molecular complexity index is 1070. The number of carbonyl (C=O) groups is 3. The Balaban J connectivity index is 1.69. The van der Waals surface area contributed by atoms with E-state index in [1.54, 1.807) is 30.3 Å². The summed E-state index contributed by atoms with van der Waals surface area (Å²) in [6, 6.07) is 14.0. The molecule has 0 radical (unpaired) electrons. The summed E-state index contributed by atoms with van der Waals surface area (Å²) >= 11 is 0. The van der Waals surface area contributed by atoms with Crippen molar-refractivity contribution >= 4 is 34.8 Å². The number of para-hydroxylation sites is 1. The summed E-state index contributed by atoms with van der Waals surface area (Å²) in [5, 5.41) is 7.97. The van der Waals surface area contributed by atoms with Crippen molar-refractivity contribution in [3.05, 3.63) is 71.8 Å². The highest BCUT2D eigenvalue weighted by molar-refractivity contribution is 6.10. The fourth-order valence-electron chi connectivity index (χ4n) is 2.84. The Morgan fingerprint density at radius 1 is 0.867 bits per heavy atom. The third-order valence-electron chi connectivity index (χ3n) is 4.34. The van der Waals surface area contributed by atoms with Crippen LogP contribution in [0.2, 0.25) is 0 Å². The first kappa shape index (κ1) is 20.6. The number of aromatic nitrogens is 2. The molecular formula is C21H22N6O3. The Morgan fingerprint density at radius 3 is 2.07 bits per heavy atom. The van der Waals surface area contributed by atoms with E-state index in [1.807, 2.05) is 37.2 Å². The van der Waals surface area contributed by atoms with Gasteiger partial charge in [0.1, 0.15) is 5.69 Å². The minimum absolute atomic E-state index is 0.0124. The fourth-order valence-corrected chi connectivity index (χ4v) is 2.84. The van der Waals surface area contributed by atoms with Gasteiger partial charge in [0, 0.05) is 38.2 Å². The number of nitrogens with one attached hydrogen (secondary N) is 4. The molecule has 0 saturated heterocycles. The van der Waals surface area contributed by atoms with E-state index in [0.717, 1.165) is 5.69 Å². The Morgan fingerprint density at radius 2 is 1.47 bits per heavy atom. The quantitative estimate of drug-likeness (QED) is 0.501. The van der Waals surface area contributed by atoms with Gasteiger partial charge in [0.2, 0.25) is 0 Å². The number of anilines is 3. The molecule has 2 aromatic carbocycles. The lowest BCUT2D eigenvalue weighted by atomic mass is 10.1. The van der Waals surface area contributed by atoms with E-state index in [0.29, 0.717) is 16.9 Å². The summed E-state index contributed by atoms with van der Waals surface area (Å²) in [6.45, 7) is 0. The number of hydrogen-bond donors (Lipinski definition) is 4. The lowest BCUT2D eigenvalue weighted by Crippen LogP contribution is -2.23. The van der Waals surface area contributed by atoms with Gasteiger partial charge in [0.25, 0.3) is 17.7 Å². The molecule has 0 aliphatic heterocycles. The van der Waals surface area contributed by atoms with Crippen LogP contribution in [0.25, 0.3) is 0 Å². The summed E-state index contributed by atoms with van der Waals surface area (Å²) in [5.74, 6) is -1.19. The predicted octanol–water partition coefficient (Wildman–Crippen LogP) is 2.34. The van der Waals surface area contributed by atoms with Crippen molar-refractivity contribution in [2.45, 2.75) is 0 Å². The number of nitrogens with zero attached hydrogens (tertiary/aromatic N) is 2. The summed E-state index contributed by atoms with van der Waals surface area (Å²) in [4.78, 5) is 45.2. The first-order chi connectivity index (χ1) is 14.4. The maximum Gasteiger partial charge on any atom is 0.274 e. The van der Waals surface area contributed by atoms with Crippen LogP contribution in [0.15, 0.2) is 54.9 Å². The van der Waals surface area contributed by atoms with Crippen LogP contribution >= 0.6 is 0 Å². The molecule has 0 bridgehead atoms. The Kier molecular flexibility index (Phi) is 6.11. The molecule has 0 spiro atoms. The largest absolute Gasteiger partial charge is 0.377 e. The number of rotatable bonds is 6. The van der Waals surface area contributed by atoms with Crippen molar-refractivity contribution in [1.82, 2.24) is 15.3 Å². The zero-order valence-corrected chi connectivity index (χ0v) is 16.8. The minimum Gasteiger partial charge on any atom is -0.377 e. The molecular weight excluding hydrogens is 384 g/mol. The first-order valence-corrected chi connectivity index (χ1v) is 9.15. The lowest BCUT2D eigenvalue weighted by molar-refractivity contribution is 0.0943. The van der Waals surface area contributed by atoms with E-state index in [2.05, 4.69) is 25.9 Å². The molecule has 30 heavy (non-hydrogen) atoms. The zero-order chi connectivity index (χ0) is 21.7. The highest BCUT2D eigenvalue weighted by Gasteiger charge is 2.19. The molecule has 3 rings (SSSR count). The van der Waals surface area contributed by atoms with Gasteiger partial charge in [0.05, 0.1) is 11.9 Å². The van der Waals surface area contributed by atoms with Crippen molar-refractivity contribution in [2.24, 2.45) is 0 Å². The van der Waals surface area contributed by atoms with E-state index in [4.69, 9.17) is 0 Å².